The van der Waals surface area contributed by atoms with Gasteiger partial charge in [-0.05, 0) is 45.2 Å². The molecule has 2 N–H and O–H groups in total. The lowest BCUT2D eigenvalue weighted by Gasteiger charge is -2.30. The molecule has 0 unspecified atom stereocenters. The summed E-state index contributed by atoms with van der Waals surface area (Å²) in [6, 6.07) is 5.46. The summed E-state index contributed by atoms with van der Waals surface area (Å²) in [4.78, 5) is 27.4. The highest BCUT2D eigenvalue weighted by atomic mass is 32.1. The summed E-state index contributed by atoms with van der Waals surface area (Å²) in [6.45, 7) is 7.68. The van der Waals surface area contributed by atoms with Gasteiger partial charge in [0.1, 0.15) is 17.9 Å². The van der Waals surface area contributed by atoms with Gasteiger partial charge in [-0.3, -0.25) is 9.59 Å². The van der Waals surface area contributed by atoms with Crippen LogP contribution < -0.4 is 11.3 Å². The molecule has 0 aliphatic rings. The summed E-state index contributed by atoms with van der Waals surface area (Å²) in [5.74, 6) is -0.146. The minimum atomic E-state index is -0.439. The third-order valence-electron chi connectivity index (χ3n) is 3.46. The van der Waals surface area contributed by atoms with Gasteiger partial charge in [-0.1, -0.05) is 6.07 Å². The van der Waals surface area contributed by atoms with Gasteiger partial charge in [-0.2, -0.15) is 5.10 Å². The van der Waals surface area contributed by atoms with Gasteiger partial charge in [-0.15, -0.1) is 11.3 Å². The molecule has 0 fully saturated rings. The second-order valence-electron chi connectivity index (χ2n) is 5.91. The van der Waals surface area contributed by atoms with Crippen molar-refractivity contribution in [3.8, 4) is 10.6 Å². The van der Waals surface area contributed by atoms with E-state index in [0.29, 0.717) is 5.69 Å². The summed E-state index contributed by atoms with van der Waals surface area (Å²) in [7, 11) is 0. The number of carbonyl (C=O) groups excluding carboxylic acids is 1. The number of amides is 1. The monoisotopic (exact) mass is 334 g/mol. The molecular weight excluding hydrogens is 312 g/mol. The summed E-state index contributed by atoms with van der Waals surface area (Å²) in [5, 5.41) is 6.23. The van der Waals surface area contributed by atoms with Crippen molar-refractivity contribution in [1.82, 2.24) is 14.7 Å². The second kappa shape index (κ2) is 6.95. The van der Waals surface area contributed by atoms with Crippen LogP contribution in [0.3, 0.4) is 0 Å². The van der Waals surface area contributed by atoms with Crippen molar-refractivity contribution in [2.45, 2.75) is 46.3 Å². The fourth-order valence-electron chi connectivity index (χ4n) is 2.60. The van der Waals surface area contributed by atoms with Crippen molar-refractivity contribution in [3.05, 3.63) is 33.9 Å². The molecule has 0 aliphatic heterocycles. The predicted molar refractivity (Wildman–Crippen MR) is 93.3 cm³/mol. The lowest BCUT2D eigenvalue weighted by Crippen LogP contribution is -2.45. The van der Waals surface area contributed by atoms with E-state index in [2.05, 4.69) is 5.10 Å². The largest absolute Gasteiger partial charge is 0.394 e. The molecule has 7 heteroatoms. The number of rotatable bonds is 5. The third kappa shape index (κ3) is 3.79. The number of carbonyl (C=O) groups is 1. The molecular formula is C16H22N4O2S. The van der Waals surface area contributed by atoms with Crippen LogP contribution in [0.2, 0.25) is 0 Å². The quantitative estimate of drug-likeness (QED) is 0.909. The first kappa shape index (κ1) is 17.2. The first-order valence-electron chi connectivity index (χ1n) is 7.54. The van der Waals surface area contributed by atoms with Crippen LogP contribution in [0.4, 0.5) is 5.69 Å². The highest BCUT2D eigenvalue weighted by Crippen LogP contribution is 2.22. The van der Waals surface area contributed by atoms with Crippen LogP contribution in [0.15, 0.2) is 28.4 Å². The summed E-state index contributed by atoms with van der Waals surface area (Å²) in [5.41, 5.74) is 6.06. The normalized spacial score (nSPS) is 11.2. The van der Waals surface area contributed by atoms with E-state index >= 15 is 0 Å². The lowest BCUT2D eigenvalue weighted by atomic mass is 10.2. The molecule has 0 aromatic carbocycles. The highest BCUT2D eigenvalue weighted by Gasteiger charge is 2.21. The Morgan fingerprint density at radius 2 is 2.00 bits per heavy atom. The van der Waals surface area contributed by atoms with Crippen molar-refractivity contribution in [2.75, 3.05) is 5.73 Å². The van der Waals surface area contributed by atoms with E-state index in [-0.39, 0.29) is 30.2 Å². The number of nitrogens with two attached hydrogens (primary N) is 1. The Morgan fingerprint density at radius 3 is 2.52 bits per heavy atom. The maximum Gasteiger partial charge on any atom is 0.290 e. The van der Waals surface area contributed by atoms with Crippen LogP contribution in [0.1, 0.15) is 27.7 Å². The number of nitrogens with zero attached hydrogens (tertiary/aromatic N) is 3. The number of aromatic nitrogens is 2. The zero-order valence-corrected chi connectivity index (χ0v) is 14.6. The first-order chi connectivity index (χ1) is 10.8. The van der Waals surface area contributed by atoms with Gasteiger partial charge in [-0.25, -0.2) is 4.68 Å². The number of hydrogen-bond donors (Lipinski definition) is 1. The number of nitrogen functional groups attached to an aromatic ring is 1. The smallest absolute Gasteiger partial charge is 0.290 e. The minimum absolute atomic E-state index is 0.0519. The Morgan fingerprint density at radius 1 is 1.35 bits per heavy atom. The maximum atomic E-state index is 12.5. The van der Waals surface area contributed by atoms with Crippen molar-refractivity contribution in [2.24, 2.45) is 0 Å². The first-order valence-corrected chi connectivity index (χ1v) is 8.42. The number of hydrogen-bond acceptors (Lipinski definition) is 5. The third-order valence-corrected chi connectivity index (χ3v) is 4.35. The Balaban J connectivity index is 2.36. The SMILES string of the molecule is CC(C)N(C(=O)Cn1nc(-c2cccs2)cc(N)c1=O)C(C)C. The minimum Gasteiger partial charge on any atom is -0.394 e. The topological polar surface area (TPSA) is 81.2 Å². The Labute approximate surface area is 139 Å². The molecule has 1 amide bonds. The van der Waals surface area contributed by atoms with Crippen molar-refractivity contribution in [3.63, 3.8) is 0 Å². The van der Waals surface area contributed by atoms with Crippen LogP contribution in [0.25, 0.3) is 10.6 Å². The molecule has 0 spiro atoms. The van der Waals surface area contributed by atoms with E-state index in [1.165, 1.54) is 11.3 Å². The highest BCUT2D eigenvalue weighted by molar-refractivity contribution is 7.13. The molecule has 0 saturated heterocycles. The molecule has 124 valence electrons. The maximum absolute atomic E-state index is 12.5. The fraction of sp³-hybridized carbons (Fsp3) is 0.438. The van der Waals surface area contributed by atoms with Crippen LogP contribution in [0, 0.1) is 0 Å². The van der Waals surface area contributed by atoms with Gasteiger partial charge in [0.25, 0.3) is 5.56 Å². The summed E-state index contributed by atoms with van der Waals surface area (Å²) in [6.07, 6.45) is 0. The molecule has 0 aliphatic carbocycles. The molecule has 2 aromatic heterocycles. The standard InChI is InChI=1S/C16H22N4O2S/c1-10(2)20(11(3)4)15(21)9-19-16(22)12(17)8-13(18-19)14-6-5-7-23-14/h5-8,10-11H,9,17H2,1-4H3. The van der Waals surface area contributed by atoms with Gasteiger partial charge in [0.2, 0.25) is 5.91 Å². The van der Waals surface area contributed by atoms with Gasteiger partial charge in [0, 0.05) is 12.1 Å². The van der Waals surface area contributed by atoms with Gasteiger partial charge < -0.3 is 10.6 Å². The zero-order chi connectivity index (χ0) is 17.1. The molecule has 6 nitrogen and oxygen atoms in total. The molecule has 2 aromatic rings. The fourth-order valence-corrected chi connectivity index (χ4v) is 3.28. The van der Waals surface area contributed by atoms with E-state index in [1.54, 1.807) is 11.0 Å². The second-order valence-corrected chi connectivity index (χ2v) is 6.86. The average molecular weight is 334 g/mol. The average Bonchev–Trinajstić information content (AvgIpc) is 2.96. The van der Waals surface area contributed by atoms with E-state index in [0.717, 1.165) is 9.56 Å². The molecule has 23 heavy (non-hydrogen) atoms. The molecule has 0 atom stereocenters. The predicted octanol–water partition coefficient (Wildman–Crippen LogP) is 2.20. The van der Waals surface area contributed by atoms with Gasteiger partial charge in [0.15, 0.2) is 0 Å². The Bertz CT molecular complexity index is 727. The van der Waals surface area contributed by atoms with Crippen LogP contribution in [-0.2, 0) is 11.3 Å². The molecule has 0 bridgehead atoms. The van der Waals surface area contributed by atoms with Gasteiger partial charge in [0.05, 0.1) is 4.88 Å². The Kier molecular flexibility index (Phi) is 5.20. The Hall–Kier alpha value is -2.15. The van der Waals surface area contributed by atoms with Crippen molar-refractivity contribution >= 4 is 22.9 Å². The van der Waals surface area contributed by atoms with E-state index < -0.39 is 5.56 Å². The molecule has 0 radical (unpaired) electrons. The molecule has 0 saturated carbocycles. The van der Waals surface area contributed by atoms with Crippen molar-refractivity contribution < 1.29 is 4.79 Å². The van der Waals surface area contributed by atoms with E-state index in [4.69, 9.17) is 5.73 Å². The summed E-state index contributed by atoms with van der Waals surface area (Å²) < 4.78 is 1.16. The van der Waals surface area contributed by atoms with Crippen LogP contribution in [-0.4, -0.2) is 32.7 Å². The zero-order valence-electron chi connectivity index (χ0n) is 13.8. The number of thiophene rings is 1. The van der Waals surface area contributed by atoms with Crippen molar-refractivity contribution in [1.29, 1.82) is 0 Å². The molecule has 2 rings (SSSR count). The van der Waals surface area contributed by atoms with Crippen LogP contribution in [0.5, 0.6) is 0 Å². The molecule has 2 heterocycles. The lowest BCUT2D eigenvalue weighted by molar-refractivity contribution is -0.135. The van der Waals surface area contributed by atoms with E-state index in [1.807, 2.05) is 45.2 Å². The number of anilines is 1. The van der Waals surface area contributed by atoms with E-state index in [9.17, 15) is 9.59 Å². The van der Waals surface area contributed by atoms with Gasteiger partial charge >= 0.3 is 0 Å². The van der Waals surface area contributed by atoms with Crippen LogP contribution >= 0.6 is 11.3 Å². The summed E-state index contributed by atoms with van der Waals surface area (Å²) >= 11 is 1.51.